The zero-order chi connectivity index (χ0) is 35.2. The zero-order valence-electron chi connectivity index (χ0n) is 29.3. The van der Waals surface area contributed by atoms with Crippen molar-refractivity contribution in [3.05, 3.63) is 101 Å². The van der Waals surface area contributed by atoms with Gasteiger partial charge in [-0.3, -0.25) is 9.59 Å². The molecule has 50 heavy (non-hydrogen) atoms. The maximum atomic E-state index is 14.3. The lowest BCUT2D eigenvalue weighted by atomic mass is 9.93. The summed E-state index contributed by atoms with van der Waals surface area (Å²) in [5.41, 5.74) is 15.5. The number of rotatable bonds is 13. The van der Waals surface area contributed by atoms with Gasteiger partial charge in [-0.1, -0.05) is 110 Å². The SMILES string of the molecule is Cc1nnc(NCCCC2CN(C(=O)C(N)Cc3ccc4ccccc4c3)[C@H](CC(C)C)CN2C(=O)C(N)Cc2ccc3ccccc3c2)s1. The molecule has 2 amide bonds. The van der Waals surface area contributed by atoms with Crippen molar-refractivity contribution in [1.29, 1.82) is 0 Å². The molecule has 2 heterocycles. The average molecular weight is 692 g/mol. The van der Waals surface area contributed by atoms with Crippen LogP contribution in [0.15, 0.2) is 84.9 Å². The molecule has 9 nitrogen and oxygen atoms in total. The molecule has 0 radical (unpaired) electrons. The molecule has 1 saturated heterocycles. The van der Waals surface area contributed by atoms with Gasteiger partial charge < -0.3 is 26.6 Å². The summed E-state index contributed by atoms with van der Waals surface area (Å²) < 4.78 is 0. The first-order valence-electron chi connectivity index (χ1n) is 17.8. The number of fused-ring (bicyclic) bond motifs is 2. The van der Waals surface area contributed by atoms with Crippen LogP contribution in [0, 0.1) is 12.8 Å². The summed E-state index contributed by atoms with van der Waals surface area (Å²) in [5, 5.41) is 17.9. The number of anilines is 1. The summed E-state index contributed by atoms with van der Waals surface area (Å²) in [6.07, 6.45) is 3.15. The summed E-state index contributed by atoms with van der Waals surface area (Å²) in [7, 11) is 0. The van der Waals surface area contributed by atoms with Gasteiger partial charge in [0.1, 0.15) is 5.01 Å². The third kappa shape index (κ3) is 8.67. The summed E-state index contributed by atoms with van der Waals surface area (Å²) in [6, 6.07) is 27.2. The quantitative estimate of drug-likeness (QED) is 0.130. The maximum Gasteiger partial charge on any atom is 0.240 e. The maximum absolute atomic E-state index is 14.3. The van der Waals surface area contributed by atoms with Crippen LogP contribution in [-0.2, 0) is 22.4 Å². The van der Waals surface area contributed by atoms with Gasteiger partial charge in [-0.15, -0.1) is 10.2 Å². The fraction of sp³-hybridized carbons (Fsp3) is 0.400. The van der Waals surface area contributed by atoms with Crippen molar-refractivity contribution in [2.45, 2.75) is 77.0 Å². The van der Waals surface area contributed by atoms with Gasteiger partial charge >= 0.3 is 0 Å². The van der Waals surface area contributed by atoms with Gasteiger partial charge in [-0.2, -0.15) is 0 Å². The predicted octanol–water partition coefficient (Wildman–Crippen LogP) is 5.94. The third-order valence-electron chi connectivity index (χ3n) is 9.70. The van der Waals surface area contributed by atoms with E-state index < -0.39 is 12.1 Å². The van der Waals surface area contributed by atoms with Crippen LogP contribution in [0.4, 0.5) is 5.13 Å². The number of hydrogen-bond donors (Lipinski definition) is 3. The molecular weight excluding hydrogens is 643 g/mol. The lowest BCUT2D eigenvalue weighted by Crippen LogP contribution is -2.65. The van der Waals surface area contributed by atoms with E-state index in [0.717, 1.165) is 55.7 Å². The molecule has 5 N–H and O–H groups in total. The van der Waals surface area contributed by atoms with Gasteiger partial charge in [0.15, 0.2) is 0 Å². The lowest BCUT2D eigenvalue weighted by Gasteiger charge is -2.48. The minimum atomic E-state index is -0.696. The van der Waals surface area contributed by atoms with E-state index in [1.165, 1.54) is 11.3 Å². The molecule has 0 saturated carbocycles. The van der Waals surface area contributed by atoms with Gasteiger partial charge in [0.25, 0.3) is 0 Å². The van der Waals surface area contributed by atoms with Crippen LogP contribution >= 0.6 is 11.3 Å². The van der Waals surface area contributed by atoms with E-state index in [1.807, 2.05) is 41.0 Å². The van der Waals surface area contributed by atoms with Gasteiger partial charge in [0, 0.05) is 31.7 Å². The van der Waals surface area contributed by atoms with Crippen molar-refractivity contribution < 1.29 is 9.59 Å². The summed E-state index contributed by atoms with van der Waals surface area (Å²) in [5.74, 6) is 0.187. The second-order valence-corrected chi connectivity index (χ2v) is 15.3. The first kappa shape index (κ1) is 35.4. The van der Waals surface area contributed by atoms with E-state index in [0.29, 0.717) is 44.8 Å². The Kier molecular flexibility index (Phi) is 11.4. The first-order valence-corrected chi connectivity index (χ1v) is 18.6. The summed E-state index contributed by atoms with van der Waals surface area (Å²) in [4.78, 5) is 32.4. The van der Waals surface area contributed by atoms with Crippen LogP contribution in [0.5, 0.6) is 0 Å². The highest BCUT2D eigenvalue weighted by atomic mass is 32.1. The smallest absolute Gasteiger partial charge is 0.240 e. The molecule has 0 spiro atoms. The number of nitrogens with zero attached hydrogens (tertiary/aromatic N) is 4. The van der Waals surface area contributed by atoms with Crippen molar-refractivity contribution in [3.8, 4) is 0 Å². The van der Waals surface area contributed by atoms with Crippen molar-refractivity contribution in [3.63, 3.8) is 0 Å². The van der Waals surface area contributed by atoms with Crippen molar-refractivity contribution in [2.75, 3.05) is 25.0 Å². The highest BCUT2D eigenvalue weighted by molar-refractivity contribution is 7.15. The Morgan fingerprint density at radius 2 is 1.30 bits per heavy atom. The van der Waals surface area contributed by atoms with Crippen molar-refractivity contribution in [1.82, 2.24) is 20.0 Å². The molecule has 0 bridgehead atoms. The van der Waals surface area contributed by atoms with Crippen LogP contribution in [-0.4, -0.2) is 75.6 Å². The van der Waals surface area contributed by atoms with Crippen LogP contribution in [0.25, 0.3) is 21.5 Å². The Morgan fingerprint density at radius 1 is 0.780 bits per heavy atom. The number of nitrogens with two attached hydrogens (primary N) is 2. The number of aryl methyl sites for hydroxylation is 1. The molecule has 0 aliphatic carbocycles. The highest BCUT2D eigenvalue weighted by Crippen LogP contribution is 2.27. The van der Waals surface area contributed by atoms with Crippen LogP contribution in [0.1, 0.15) is 49.2 Å². The normalized spacial score (nSPS) is 17.7. The number of hydrogen-bond acceptors (Lipinski definition) is 8. The number of benzene rings is 4. The molecule has 4 aromatic carbocycles. The molecule has 1 aliphatic rings. The Bertz CT molecular complexity index is 1930. The van der Waals surface area contributed by atoms with E-state index in [2.05, 4.69) is 90.0 Å². The topological polar surface area (TPSA) is 130 Å². The number of nitrogens with one attached hydrogen (secondary N) is 1. The molecule has 1 aliphatic heterocycles. The second-order valence-electron chi connectivity index (χ2n) is 14.1. The Hall–Kier alpha value is -4.38. The third-order valence-corrected chi connectivity index (χ3v) is 10.5. The lowest BCUT2D eigenvalue weighted by molar-refractivity contribution is -0.149. The number of piperazine rings is 1. The van der Waals surface area contributed by atoms with Crippen LogP contribution < -0.4 is 16.8 Å². The Labute approximate surface area is 299 Å². The molecule has 262 valence electrons. The summed E-state index contributed by atoms with van der Waals surface area (Å²) in [6.45, 7) is 7.78. The fourth-order valence-electron chi connectivity index (χ4n) is 7.22. The number of carbonyl (C=O) groups excluding carboxylic acids is 2. The molecule has 1 fully saturated rings. The monoisotopic (exact) mass is 691 g/mol. The Balaban J connectivity index is 1.20. The number of aromatic nitrogens is 2. The predicted molar refractivity (Wildman–Crippen MR) is 204 cm³/mol. The first-order chi connectivity index (χ1) is 24.1. The highest BCUT2D eigenvalue weighted by Gasteiger charge is 2.41. The van der Waals surface area contributed by atoms with E-state index in [9.17, 15) is 9.59 Å². The molecule has 4 atom stereocenters. The fourth-order valence-corrected chi connectivity index (χ4v) is 7.84. The minimum Gasteiger partial charge on any atom is -0.360 e. The Morgan fingerprint density at radius 3 is 1.82 bits per heavy atom. The molecule has 1 aromatic heterocycles. The van der Waals surface area contributed by atoms with Crippen molar-refractivity contribution in [2.24, 2.45) is 17.4 Å². The van der Waals surface area contributed by atoms with Crippen LogP contribution in [0.3, 0.4) is 0 Å². The van der Waals surface area contributed by atoms with Gasteiger partial charge in [-0.05, 0) is 77.6 Å². The summed E-state index contributed by atoms with van der Waals surface area (Å²) >= 11 is 1.52. The van der Waals surface area contributed by atoms with Crippen molar-refractivity contribution >= 4 is 49.8 Å². The second kappa shape index (κ2) is 16.1. The zero-order valence-corrected chi connectivity index (χ0v) is 30.1. The molecule has 3 unspecified atom stereocenters. The van der Waals surface area contributed by atoms with E-state index in [4.69, 9.17) is 11.5 Å². The molecule has 5 aromatic rings. The van der Waals surface area contributed by atoms with E-state index >= 15 is 0 Å². The van der Waals surface area contributed by atoms with E-state index in [1.54, 1.807) is 0 Å². The van der Waals surface area contributed by atoms with Crippen LogP contribution in [0.2, 0.25) is 0 Å². The number of amides is 2. The number of carbonyl (C=O) groups is 2. The standard InChI is InChI=1S/C40H49N7O2S/c1-26(2)19-35-25-46(38(48)36(41)22-28-14-16-30-9-4-6-11-32(30)20-28)34(13-8-18-43-40-45-44-27(3)50-40)24-47(35)39(49)37(42)23-29-15-17-31-10-5-7-12-33(31)21-29/h4-7,9-12,14-17,20-21,26,34-37H,8,13,18-19,22-25,41-42H2,1-3H3,(H,43,45)/t34?,35-,36?,37?/m1/s1. The molecular formula is C40H49N7O2S. The van der Waals surface area contributed by atoms with Gasteiger partial charge in [0.05, 0.1) is 12.1 Å². The largest absolute Gasteiger partial charge is 0.360 e. The average Bonchev–Trinajstić information content (AvgIpc) is 3.53. The van der Waals surface area contributed by atoms with E-state index in [-0.39, 0.29) is 23.9 Å². The van der Waals surface area contributed by atoms with Gasteiger partial charge in [-0.25, -0.2) is 0 Å². The van der Waals surface area contributed by atoms with Gasteiger partial charge in [0.2, 0.25) is 16.9 Å². The minimum absolute atomic E-state index is 0.0659. The molecule has 10 heteroatoms. The molecule has 6 rings (SSSR count).